The number of benzene rings is 1. The average molecular weight is 308 g/mol. The molecule has 0 unspecified atom stereocenters. The van der Waals surface area contributed by atoms with Gasteiger partial charge in [0, 0.05) is 18.3 Å². The molecule has 2 aromatic rings. The third-order valence-electron chi connectivity index (χ3n) is 2.54. The number of anilines is 1. The number of carbonyl (C=O) groups excluding carboxylic acids is 1. The van der Waals surface area contributed by atoms with E-state index in [1.54, 1.807) is 37.4 Å². The van der Waals surface area contributed by atoms with Gasteiger partial charge in [0.15, 0.2) is 5.69 Å². The van der Waals surface area contributed by atoms with Crippen LogP contribution >= 0.6 is 11.6 Å². The standard InChI is InChI=1S/C14H14ClN3O3/c1-20-7-8-21-13-5-4-10(15)9-12(13)17-14(19)11-3-2-6-16-18-11/h2-6,9H,7-8H2,1H3,(H,17,19). The molecular formula is C14H14ClN3O3. The molecule has 0 spiro atoms. The molecular weight excluding hydrogens is 294 g/mol. The zero-order valence-corrected chi connectivity index (χ0v) is 12.1. The normalized spacial score (nSPS) is 10.2. The van der Waals surface area contributed by atoms with E-state index in [4.69, 9.17) is 21.1 Å². The van der Waals surface area contributed by atoms with Crippen LogP contribution in [0, 0.1) is 0 Å². The van der Waals surface area contributed by atoms with E-state index in [0.29, 0.717) is 29.7 Å². The van der Waals surface area contributed by atoms with Crippen LogP contribution in [-0.4, -0.2) is 36.4 Å². The van der Waals surface area contributed by atoms with Crippen LogP contribution in [0.1, 0.15) is 10.5 Å². The van der Waals surface area contributed by atoms with Crippen LogP contribution in [0.5, 0.6) is 5.75 Å². The maximum Gasteiger partial charge on any atom is 0.276 e. The Kier molecular flexibility index (Phi) is 5.48. The number of nitrogens with one attached hydrogen (secondary N) is 1. The molecule has 0 aliphatic carbocycles. The van der Waals surface area contributed by atoms with Gasteiger partial charge in [0.25, 0.3) is 5.91 Å². The van der Waals surface area contributed by atoms with Gasteiger partial charge >= 0.3 is 0 Å². The van der Waals surface area contributed by atoms with Crippen molar-refractivity contribution in [3.8, 4) is 5.75 Å². The number of nitrogens with zero attached hydrogens (tertiary/aromatic N) is 2. The number of halogens is 1. The second-order valence-electron chi connectivity index (χ2n) is 4.04. The lowest BCUT2D eigenvalue weighted by atomic mass is 10.2. The summed E-state index contributed by atoms with van der Waals surface area (Å²) in [5.74, 6) is 0.121. The summed E-state index contributed by atoms with van der Waals surface area (Å²) in [4.78, 5) is 12.1. The van der Waals surface area contributed by atoms with Crippen molar-refractivity contribution < 1.29 is 14.3 Å². The molecule has 1 aromatic carbocycles. The highest BCUT2D eigenvalue weighted by molar-refractivity contribution is 6.31. The molecule has 0 aliphatic heterocycles. The van der Waals surface area contributed by atoms with Gasteiger partial charge in [-0.3, -0.25) is 4.79 Å². The number of hydrogen-bond donors (Lipinski definition) is 1. The van der Waals surface area contributed by atoms with Crippen molar-refractivity contribution >= 4 is 23.2 Å². The Morgan fingerprint density at radius 2 is 2.19 bits per heavy atom. The Labute approximate surface area is 127 Å². The molecule has 0 fully saturated rings. The zero-order valence-electron chi connectivity index (χ0n) is 11.4. The molecule has 1 aromatic heterocycles. The first-order chi connectivity index (χ1) is 10.2. The lowest BCUT2D eigenvalue weighted by Crippen LogP contribution is -2.15. The van der Waals surface area contributed by atoms with E-state index in [-0.39, 0.29) is 11.6 Å². The lowest BCUT2D eigenvalue weighted by molar-refractivity contribution is 0.102. The van der Waals surface area contributed by atoms with Crippen molar-refractivity contribution in [3.63, 3.8) is 0 Å². The lowest BCUT2D eigenvalue weighted by Gasteiger charge is -2.12. The van der Waals surface area contributed by atoms with Crippen molar-refractivity contribution in [1.29, 1.82) is 0 Å². The summed E-state index contributed by atoms with van der Waals surface area (Å²) in [5, 5.41) is 10.6. The number of methoxy groups -OCH3 is 1. The smallest absolute Gasteiger partial charge is 0.276 e. The molecule has 0 saturated carbocycles. The molecule has 1 heterocycles. The van der Waals surface area contributed by atoms with Crippen molar-refractivity contribution in [2.45, 2.75) is 0 Å². The van der Waals surface area contributed by atoms with E-state index in [1.165, 1.54) is 6.20 Å². The van der Waals surface area contributed by atoms with Gasteiger partial charge in [0.2, 0.25) is 0 Å². The van der Waals surface area contributed by atoms with Gasteiger partial charge in [-0.2, -0.15) is 5.10 Å². The fraction of sp³-hybridized carbons (Fsp3) is 0.214. The van der Waals surface area contributed by atoms with Crippen LogP contribution in [0.2, 0.25) is 5.02 Å². The molecule has 6 nitrogen and oxygen atoms in total. The van der Waals surface area contributed by atoms with Crippen LogP contribution in [0.25, 0.3) is 0 Å². The van der Waals surface area contributed by atoms with Gasteiger partial charge < -0.3 is 14.8 Å². The van der Waals surface area contributed by atoms with E-state index in [1.807, 2.05) is 0 Å². The summed E-state index contributed by atoms with van der Waals surface area (Å²) in [6, 6.07) is 8.18. The van der Waals surface area contributed by atoms with Gasteiger partial charge in [-0.1, -0.05) is 11.6 Å². The van der Waals surface area contributed by atoms with Gasteiger partial charge in [0.05, 0.1) is 12.3 Å². The first-order valence-electron chi connectivity index (χ1n) is 6.21. The van der Waals surface area contributed by atoms with Crippen LogP contribution in [0.3, 0.4) is 0 Å². The van der Waals surface area contributed by atoms with Gasteiger partial charge in [0.1, 0.15) is 12.4 Å². The number of amides is 1. The van der Waals surface area contributed by atoms with Gasteiger partial charge in [-0.25, -0.2) is 0 Å². The minimum absolute atomic E-state index is 0.209. The third-order valence-corrected chi connectivity index (χ3v) is 2.77. The zero-order chi connectivity index (χ0) is 15.1. The maximum absolute atomic E-state index is 12.1. The summed E-state index contributed by atoms with van der Waals surface area (Å²) in [6.45, 7) is 0.812. The topological polar surface area (TPSA) is 73.3 Å². The summed E-state index contributed by atoms with van der Waals surface area (Å²) in [6.07, 6.45) is 1.50. The molecule has 0 atom stereocenters. The van der Waals surface area contributed by atoms with E-state index in [2.05, 4.69) is 15.5 Å². The number of hydrogen-bond acceptors (Lipinski definition) is 5. The Morgan fingerprint density at radius 3 is 2.90 bits per heavy atom. The monoisotopic (exact) mass is 307 g/mol. The minimum atomic E-state index is -0.387. The number of carbonyl (C=O) groups is 1. The highest BCUT2D eigenvalue weighted by Crippen LogP contribution is 2.28. The number of ether oxygens (including phenoxy) is 2. The fourth-order valence-electron chi connectivity index (χ4n) is 1.57. The van der Waals surface area contributed by atoms with Crippen LogP contribution < -0.4 is 10.1 Å². The van der Waals surface area contributed by atoms with Crippen LogP contribution in [0.4, 0.5) is 5.69 Å². The summed E-state index contributed by atoms with van der Waals surface area (Å²) < 4.78 is 10.5. The fourth-order valence-corrected chi connectivity index (χ4v) is 1.74. The highest BCUT2D eigenvalue weighted by atomic mass is 35.5. The minimum Gasteiger partial charge on any atom is -0.489 e. The molecule has 0 saturated heterocycles. The van der Waals surface area contributed by atoms with E-state index < -0.39 is 0 Å². The number of aromatic nitrogens is 2. The van der Waals surface area contributed by atoms with Crippen LogP contribution in [-0.2, 0) is 4.74 Å². The van der Waals surface area contributed by atoms with E-state index >= 15 is 0 Å². The SMILES string of the molecule is COCCOc1ccc(Cl)cc1NC(=O)c1cccnn1. The molecule has 0 radical (unpaired) electrons. The average Bonchev–Trinajstić information content (AvgIpc) is 2.50. The van der Waals surface area contributed by atoms with Gasteiger partial charge in [-0.15, -0.1) is 5.10 Å². The largest absolute Gasteiger partial charge is 0.489 e. The Bertz CT molecular complexity index is 608. The highest BCUT2D eigenvalue weighted by Gasteiger charge is 2.12. The Morgan fingerprint density at radius 1 is 1.33 bits per heavy atom. The molecule has 1 N–H and O–H groups in total. The molecule has 2 rings (SSSR count). The molecule has 1 amide bonds. The first-order valence-corrected chi connectivity index (χ1v) is 6.59. The number of rotatable bonds is 6. The van der Waals surface area contributed by atoms with Gasteiger partial charge in [-0.05, 0) is 30.3 Å². The van der Waals surface area contributed by atoms with E-state index in [0.717, 1.165) is 0 Å². The molecule has 0 aliphatic rings. The third kappa shape index (κ3) is 4.40. The summed E-state index contributed by atoms with van der Waals surface area (Å²) in [5.41, 5.74) is 0.676. The molecule has 7 heteroatoms. The Hall–Kier alpha value is -2.18. The van der Waals surface area contributed by atoms with E-state index in [9.17, 15) is 4.79 Å². The van der Waals surface area contributed by atoms with Crippen molar-refractivity contribution in [3.05, 3.63) is 47.2 Å². The second kappa shape index (κ2) is 7.56. The Balaban J connectivity index is 2.14. The summed E-state index contributed by atoms with van der Waals surface area (Å²) >= 11 is 5.95. The summed E-state index contributed by atoms with van der Waals surface area (Å²) in [7, 11) is 1.59. The van der Waals surface area contributed by atoms with Crippen molar-refractivity contribution in [2.24, 2.45) is 0 Å². The van der Waals surface area contributed by atoms with Crippen LogP contribution in [0.15, 0.2) is 36.5 Å². The second-order valence-corrected chi connectivity index (χ2v) is 4.48. The van der Waals surface area contributed by atoms with Crippen molar-refractivity contribution in [1.82, 2.24) is 10.2 Å². The maximum atomic E-state index is 12.1. The first kappa shape index (κ1) is 15.2. The molecule has 21 heavy (non-hydrogen) atoms. The molecule has 110 valence electrons. The van der Waals surface area contributed by atoms with Crippen molar-refractivity contribution in [2.75, 3.05) is 25.6 Å². The quantitative estimate of drug-likeness (QED) is 0.830. The predicted octanol–water partition coefficient (Wildman–Crippen LogP) is 2.41. The molecule has 0 bridgehead atoms. The predicted molar refractivity (Wildman–Crippen MR) is 78.8 cm³/mol.